The Hall–Kier alpha value is -5.48. The minimum atomic E-state index is 1.03. The molecule has 9 aromatic carbocycles. The van der Waals surface area contributed by atoms with Crippen LogP contribution in [0, 0.1) is 0 Å². The van der Waals surface area contributed by atoms with E-state index in [9.17, 15) is 0 Å². The Morgan fingerprint density at radius 2 is 0.880 bits per heavy atom. The van der Waals surface area contributed by atoms with Crippen molar-refractivity contribution < 1.29 is 0 Å². The second kappa shape index (κ2) is 12.1. The van der Waals surface area contributed by atoms with E-state index in [0.29, 0.717) is 0 Å². The molecule has 0 aromatic heterocycles. The molecule has 0 fully saturated rings. The van der Waals surface area contributed by atoms with Gasteiger partial charge >= 0.3 is 0 Å². The summed E-state index contributed by atoms with van der Waals surface area (Å²) in [5.74, 6) is 0. The van der Waals surface area contributed by atoms with Crippen LogP contribution in [0.4, 0.5) is 17.1 Å². The molecule has 0 spiro atoms. The Balaban J connectivity index is 0.000000130. The summed E-state index contributed by atoms with van der Waals surface area (Å²) in [6.45, 7) is 0. The average Bonchev–Trinajstić information content (AvgIpc) is 3.19. The van der Waals surface area contributed by atoms with Crippen molar-refractivity contribution in [3.63, 3.8) is 0 Å². The van der Waals surface area contributed by atoms with Gasteiger partial charge in [-0.25, -0.2) is 0 Å². The predicted molar refractivity (Wildman–Crippen MR) is 215 cm³/mol. The van der Waals surface area contributed by atoms with E-state index >= 15 is 0 Å². The van der Waals surface area contributed by atoms with Crippen LogP contribution in [0.25, 0.3) is 43.1 Å². The van der Waals surface area contributed by atoms with Gasteiger partial charge in [0.05, 0.1) is 11.4 Å². The van der Waals surface area contributed by atoms with Gasteiger partial charge in [0.15, 0.2) is 0 Å². The normalized spacial score (nSPS) is 12.9. The SMILES string of the molecule is c1ccc(N2c3ccc4ccccc4c3Sc3ccc4ccccc4c32)cc1.c1ccc2c3c(ccc2c1)Sc1c(ccc2ccccc12)C3. The minimum Gasteiger partial charge on any atom is -0.308 e. The van der Waals surface area contributed by atoms with Gasteiger partial charge in [-0.05, 0) is 79.2 Å². The predicted octanol–water partition coefficient (Wildman–Crippen LogP) is 14.0. The summed E-state index contributed by atoms with van der Waals surface area (Å²) in [5, 5.41) is 10.6. The zero-order valence-electron chi connectivity index (χ0n) is 27.2. The van der Waals surface area contributed by atoms with Gasteiger partial charge in [-0.15, -0.1) is 0 Å². The van der Waals surface area contributed by atoms with Gasteiger partial charge in [-0.2, -0.15) is 0 Å². The lowest BCUT2D eigenvalue weighted by molar-refractivity contribution is 1.09. The molecule has 0 saturated heterocycles. The molecular weight excluding hydrogens is 643 g/mol. The highest BCUT2D eigenvalue weighted by Crippen LogP contribution is 2.55. The fourth-order valence-electron chi connectivity index (χ4n) is 7.58. The van der Waals surface area contributed by atoms with Crippen LogP contribution < -0.4 is 4.90 Å². The summed E-state index contributed by atoms with van der Waals surface area (Å²) in [5.41, 5.74) is 6.64. The van der Waals surface area contributed by atoms with E-state index in [1.807, 2.05) is 23.5 Å². The highest BCUT2D eigenvalue weighted by atomic mass is 32.2. The maximum Gasteiger partial charge on any atom is 0.0679 e. The molecule has 0 aliphatic carbocycles. The molecule has 50 heavy (non-hydrogen) atoms. The summed E-state index contributed by atoms with van der Waals surface area (Å²) < 4.78 is 0. The van der Waals surface area contributed by atoms with Crippen LogP contribution in [-0.4, -0.2) is 0 Å². The number of hydrogen-bond acceptors (Lipinski definition) is 3. The van der Waals surface area contributed by atoms with E-state index in [4.69, 9.17) is 0 Å². The van der Waals surface area contributed by atoms with Crippen LogP contribution in [0.5, 0.6) is 0 Å². The van der Waals surface area contributed by atoms with E-state index in [-0.39, 0.29) is 0 Å². The Kier molecular flexibility index (Phi) is 7.14. The number of para-hydroxylation sites is 1. The van der Waals surface area contributed by atoms with Crippen molar-refractivity contribution in [3.8, 4) is 0 Å². The molecule has 0 unspecified atom stereocenters. The second-order valence-electron chi connectivity index (χ2n) is 12.9. The zero-order valence-corrected chi connectivity index (χ0v) is 28.8. The van der Waals surface area contributed by atoms with Crippen LogP contribution in [0.1, 0.15) is 11.1 Å². The van der Waals surface area contributed by atoms with Crippen LogP contribution in [-0.2, 0) is 6.42 Å². The lowest BCUT2D eigenvalue weighted by Crippen LogP contribution is -2.15. The molecule has 9 aromatic rings. The Morgan fingerprint density at radius 3 is 1.60 bits per heavy atom. The van der Waals surface area contributed by atoms with Gasteiger partial charge < -0.3 is 4.90 Å². The van der Waals surface area contributed by atoms with Crippen molar-refractivity contribution in [2.45, 2.75) is 26.0 Å². The van der Waals surface area contributed by atoms with Crippen molar-refractivity contribution in [2.24, 2.45) is 0 Å². The molecular formula is C47H31NS2. The Morgan fingerprint density at radius 1 is 0.380 bits per heavy atom. The standard InChI is InChI=1S/C26H17NS.C21H14S/c1-2-10-20(11-3-1)27-23-16-14-19-9-5-7-13-22(19)26(23)28-24-17-15-18-8-4-6-12-21(18)25(24)27;1-3-7-17-14(5-1)11-12-20-19(17)13-16-10-9-15-6-2-4-8-18(15)21(16)22-20/h1-17H;1-12H,13H2. The monoisotopic (exact) mass is 673 g/mol. The lowest BCUT2D eigenvalue weighted by atomic mass is 9.96. The highest BCUT2D eigenvalue weighted by molar-refractivity contribution is 8.00. The maximum absolute atomic E-state index is 2.43. The molecule has 0 saturated carbocycles. The number of hydrogen-bond donors (Lipinski definition) is 0. The smallest absolute Gasteiger partial charge is 0.0679 e. The zero-order chi connectivity index (χ0) is 33.0. The molecule has 3 heteroatoms. The van der Waals surface area contributed by atoms with Crippen LogP contribution in [0.2, 0.25) is 0 Å². The number of benzene rings is 9. The third kappa shape index (κ3) is 4.88. The number of nitrogens with zero attached hydrogens (tertiary/aromatic N) is 1. The molecule has 2 aliphatic heterocycles. The number of anilines is 3. The molecule has 1 nitrogen and oxygen atoms in total. The quantitative estimate of drug-likeness (QED) is 0.171. The Labute approximate surface area is 300 Å². The molecule has 2 heterocycles. The van der Waals surface area contributed by atoms with E-state index < -0.39 is 0 Å². The molecule has 0 radical (unpaired) electrons. The largest absolute Gasteiger partial charge is 0.308 e. The van der Waals surface area contributed by atoms with Crippen molar-refractivity contribution in [1.29, 1.82) is 0 Å². The number of rotatable bonds is 1. The van der Waals surface area contributed by atoms with E-state index in [1.165, 1.54) is 90.9 Å². The third-order valence-electron chi connectivity index (χ3n) is 9.95. The average molecular weight is 674 g/mol. The summed E-state index contributed by atoms with van der Waals surface area (Å²) in [7, 11) is 0. The first kappa shape index (κ1) is 29.4. The second-order valence-corrected chi connectivity index (χ2v) is 15.0. The van der Waals surface area contributed by atoms with Crippen LogP contribution >= 0.6 is 23.5 Å². The molecule has 0 amide bonds. The maximum atomic E-state index is 2.43. The molecule has 236 valence electrons. The van der Waals surface area contributed by atoms with Crippen molar-refractivity contribution in [2.75, 3.05) is 4.90 Å². The van der Waals surface area contributed by atoms with Crippen LogP contribution in [0.3, 0.4) is 0 Å². The van der Waals surface area contributed by atoms with Gasteiger partial charge in [0.1, 0.15) is 0 Å². The Bertz CT molecular complexity index is 2670. The molecule has 0 bridgehead atoms. The van der Waals surface area contributed by atoms with E-state index in [0.717, 1.165) is 6.42 Å². The minimum absolute atomic E-state index is 1.03. The summed E-state index contributed by atoms with van der Waals surface area (Å²) in [6.07, 6.45) is 1.03. The van der Waals surface area contributed by atoms with Crippen molar-refractivity contribution >= 4 is 83.7 Å². The van der Waals surface area contributed by atoms with Crippen LogP contribution in [0.15, 0.2) is 196 Å². The van der Waals surface area contributed by atoms with Gasteiger partial charge in [-0.3, -0.25) is 0 Å². The molecule has 11 rings (SSSR count). The topological polar surface area (TPSA) is 3.24 Å². The molecule has 2 aliphatic rings. The molecule has 0 atom stereocenters. The van der Waals surface area contributed by atoms with E-state index in [2.05, 4.69) is 181 Å². The van der Waals surface area contributed by atoms with Gasteiger partial charge in [-0.1, -0.05) is 169 Å². The van der Waals surface area contributed by atoms with Crippen molar-refractivity contribution in [3.05, 3.63) is 187 Å². The first-order valence-corrected chi connectivity index (χ1v) is 18.7. The molecule has 0 N–H and O–H groups in total. The van der Waals surface area contributed by atoms with Gasteiger partial charge in [0.25, 0.3) is 0 Å². The number of fused-ring (bicyclic) bond motifs is 12. The fourth-order valence-corrected chi connectivity index (χ4v) is 10.0. The third-order valence-corrected chi connectivity index (χ3v) is 12.4. The van der Waals surface area contributed by atoms with Gasteiger partial charge in [0, 0.05) is 37.1 Å². The first-order valence-electron chi connectivity index (χ1n) is 17.1. The highest BCUT2D eigenvalue weighted by Gasteiger charge is 2.28. The summed E-state index contributed by atoms with van der Waals surface area (Å²) >= 11 is 3.81. The summed E-state index contributed by atoms with van der Waals surface area (Å²) in [6, 6.07) is 63.5. The van der Waals surface area contributed by atoms with Crippen molar-refractivity contribution in [1.82, 2.24) is 0 Å². The fraction of sp³-hybridized carbons (Fsp3) is 0.0213. The van der Waals surface area contributed by atoms with Gasteiger partial charge in [0.2, 0.25) is 0 Å². The first-order chi connectivity index (χ1) is 24.8. The van der Waals surface area contributed by atoms with E-state index in [1.54, 1.807) is 0 Å². The summed E-state index contributed by atoms with van der Waals surface area (Å²) in [4.78, 5) is 7.88. The lowest BCUT2D eigenvalue weighted by Gasteiger charge is -2.34.